The summed E-state index contributed by atoms with van der Waals surface area (Å²) in [6.07, 6.45) is 2.95. The van der Waals surface area contributed by atoms with E-state index < -0.39 is 11.8 Å². The fourth-order valence-corrected chi connectivity index (χ4v) is 1.66. The lowest BCUT2D eigenvalue weighted by molar-refractivity contribution is -0.145. The Balaban J connectivity index is 1.89. The molecule has 0 amide bonds. The number of carbonyl (C=O) groups excluding carboxylic acids is 1. The number of hydrogen-bond acceptors (Lipinski definition) is 4. The number of ether oxygens (including phenoxy) is 1. The molecule has 2 N–H and O–H groups in total. The van der Waals surface area contributed by atoms with Gasteiger partial charge in [-0.15, -0.1) is 0 Å². The summed E-state index contributed by atoms with van der Waals surface area (Å²) in [6, 6.07) is 3.89. The molecule has 0 aliphatic rings. The molecule has 0 radical (unpaired) electrons. The maximum absolute atomic E-state index is 12.8. The Kier molecular flexibility index (Phi) is 4.01. The first-order chi connectivity index (χ1) is 9.04. The Hall–Kier alpha value is -2.08. The number of carbonyl (C=O) groups is 1. The number of esters is 1. The van der Waals surface area contributed by atoms with Gasteiger partial charge in [0.2, 0.25) is 0 Å². The van der Waals surface area contributed by atoms with Gasteiger partial charge in [0.1, 0.15) is 19.0 Å². The third-order valence-electron chi connectivity index (χ3n) is 2.35. The molecule has 19 heavy (non-hydrogen) atoms. The van der Waals surface area contributed by atoms with E-state index in [4.69, 9.17) is 22.1 Å². The molecule has 7 heteroatoms. The summed E-state index contributed by atoms with van der Waals surface area (Å²) >= 11 is 5.81. The van der Waals surface area contributed by atoms with Gasteiger partial charge in [0.05, 0.1) is 16.9 Å². The molecule has 2 aromatic rings. The van der Waals surface area contributed by atoms with Gasteiger partial charge >= 0.3 is 5.97 Å². The van der Waals surface area contributed by atoms with Crippen LogP contribution in [0.5, 0.6) is 0 Å². The molecule has 0 spiro atoms. The highest BCUT2D eigenvalue weighted by Crippen LogP contribution is 2.18. The van der Waals surface area contributed by atoms with Crippen molar-refractivity contribution in [3.8, 4) is 0 Å². The lowest BCUT2D eigenvalue weighted by atomic mass is 10.2. The summed E-state index contributed by atoms with van der Waals surface area (Å²) in [4.78, 5) is 11.5. The van der Waals surface area contributed by atoms with Gasteiger partial charge in [-0.3, -0.25) is 9.48 Å². The molecule has 0 aliphatic carbocycles. The first kappa shape index (κ1) is 13.4. The highest BCUT2D eigenvalue weighted by Gasteiger charge is 2.08. The van der Waals surface area contributed by atoms with Gasteiger partial charge in [-0.2, -0.15) is 5.10 Å². The molecular weight excluding hydrogens is 273 g/mol. The topological polar surface area (TPSA) is 70.1 Å². The van der Waals surface area contributed by atoms with Crippen LogP contribution in [0.4, 0.5) is 10.1 Å². The minimum Gasteiger partial charge on any atom is -0.459 e. The molecule has 2 rings (SSSR count). The number of nitrogens with zero attached hydrogens (tertiary/aromatic N) is 2. The summed E-state index contributed by atoms with van der Waals surface area (Å²) in [7, 11) is 0. The van der Waals surface area contributed by atoms with E-state index in [2.05, 4.69) is 5.10 Å². The molecule has 1 aromatic carbocycles. The molecule has 1 heterocycles. The number of nitrogen functional groups attached to an aromatic ring is 1. The van der Waals surface area contributed by atoms with E-state index in [1.165, 1.54) is 35.3 Å². The first-order valence-corrected chi connectivity index (χ1v) is 5.80. The van der Waals surface area contributed by atoms with Crippen LogP contribution in [0.3, 0.4) is 0 Å². The summed E-state index contributed by atoms with van der Waals surface area (Å²) in [6.45, 7) is -0.0648. The Morgan fingerprint density at radius 1 is 1.53 bits per heavy atom. The predicted octanol–water partition coefficient (Wildman–Crippen LogP) is 2.00. The quantitative estimate of drug-likeness (QED) is 0.871. The van der Waals surface area contributed by atoms with Gasteiger partial charge in [0, 0.05) is 11.8 Å². The fourth-order valence-electron chi connectivity index (χ4n) is 1.44. The van der Waals surface area contributed by atoms with Crippen LogP contribution in [0.2, 0.25) is 5.02 Å². The maximum atomic E-state index is 12.8. The van der Waals surface area contributed by atoms with Crippen molar-refractivity contribution < 1.29 is 13.9 Å². The number of benzene rings is 1. The normalized spacial score (nSPS) is 10.4. The number of hydrogen-bond donors (Lipinski definition) is 1. The van der Waals surface area contributed by atoms with Crippen molar-refractivity contribution in [3.05, 3.63) is 47.0 Å². The van der Waals surface area contributed by atoms with E-state index >= 15 is 0 Å². The Bertz CT molecular complexity index is 600. The number of nitrogens with two attached hydrogens (primary N) is 1. The number of halogens is 2. The van der Waals surface area contributed by atoms with E-state index in [1.54, 1.807) is 0 Å². The van der Waals surface area contributed by atoms with Gasteiger partial charge in [-0.05, 0) is 12.1 Å². The molecule has 0 saturated heterocycles. The molecule has 0 bridgehead atoms. The van der Waals surface area contributed by atoms with Gasteiger partial charge < -0.3 is 10.5 Å². The van der Waals surface area contributed by atoms with E-state index in [-0.39, 0.29) is 18.2 Å². The zero-order valence-electron chi connectivity index (χ0n) is 9.85. The molecule has 0 aliphatic heterocycles. The first-order valence-electron chi connectivity index (χ1n) is 5.42. The van der Waals surface area contributed by atoms with E-state index in [0.717, 1.165) is 0 Å². The highest BCUT2D eigenvalue weighted by atomic mass is 35.5. The fraction of sp³-hybridized carbons (Fsp3) is 0.167. The average molecular weight is 284 g/mol. The number of rotatable bonds is 4. The zero-order valence-corrected chi connectivity index (χ0v) is 10.6. The molecule has 0 atom stereocenters. The van der Waals surface area contributed by atoms with Gasteiger partial charge in [0.15, 0.2) is 0 Å². The smallest absolute Gasteiger partial charge is 0.328 e. The summed E-state index contributed by atoms with van der Waals surface area (Å²) in [5, 5.41) is 4.07. The second kappa shape index (κ2) is 5.71. The summed E-state index contributed by atoms with van der Waals surface area (Å²) in [5.41, 5.74) is 6.47. The largest absolute Gasteiger partial charge is 0.459 e. The van der Waals surface area contributed by atoms with E-state index in [9.17, 15) is 9.18 Å². The van der Waals surface area contributed by atoms with Crippen molar-refractivity contribution in [1.29, 1.82) is 0 Å². The van der Waals surface area contributed by atoms with Crippen LogP contribution < -0.4 is 5.73 Å². The summed E-state index contributed by atoms with van der Waals surface area (Å²) < 4.78 is 19.2. The molecule has 100 valence electrons. The van der Waals surface area contributed by atoms with Gasteiger partial charge in [-0.25, -0.2) is 4.39 Å². The zero-order chi connectivity index (χ0) is 13.8. The van der Waals surface area contributed by atoms with Crippen LogP contribution >= 0.6 is 11.6 Å². The van der Waals surface area contributed by atoms with Crippen LogP contribution in [-0.4, -0.2) is 15.7 Å². The van der Waals surface area contributed by atoms with Crippen molar-refractivity contribution in [2.24, 2.45) is 0 Å². The lowest BCUT2D eigenvalue weighted by Crippen LogP contribution is -2.14. The van der Waals surface area contributed by atoms with Crippen LogP contribution in [-0.2, 0) is 22.7 Å². The molecule has 1 aromatic heterocycles. The number of anilines is 1. The third kappa shape index (κ3) is 3.69. The molecule has 5 nitrogen and oxygen atoms in total. The Labute approximate surface area is 113 Å². The van der Waals surface area contributed by atoms with Crippen LogP contribution in [0, 0.1) is 5.82 Å². The van der Waals surface area contributed by atoms with Crippen LogP contribution in [0.15, 0.2) is 30.6 Å². The molecule has 0 saturated carbocycles. The highest BCUT2D eigenvalue weighted by molar-refractivity contribution is 6.31. The second-order valence-corrected chi connectivity index (χ2v) is 4.27. The molecular formula is C12H11ClFN3O2. The summed E-state index contributed by atoms with van der Waals surface area (Å²) in [5.74, 6) is -0.921. The standard InChI is InChI=1S/C12H11ClFN3O2/c13-11-3-9(14)2-1-8(11)7-19-12(18)6-17-5-10(15)4-16-17/h1-5H,6-7,15H2. The van der Waals surface area contributed by atoms with Crippen molar-refractivity contribution in [3.63, 3.8) is 0 Å². The SMILES string of the molecule is Nc1cnn(CC(=O)OCc2ccc(F)cc2Cl)c1. The van der Waals surface area contributed by atoms with Crippen LogP contribution in [0.25, 0.3) is 0 Å². The van der Waals surface area contributed by atoms with Gasteiger partial charge in [-0.1, -0.05) is 17.7 Å². The lowest BCUT2D eigenvalue weighted by Gasteiger charge is -2.06. The van der Waals surface area contributed by atoms with Crippen LogP contribution in [0.1, 0.15) is 5.56 Å². The minimum atomic E-state index is -0.483. The van der Waals surface area contributed by atoms with Crippen molar-refractivity contribution in [2.75, 3.05) is 5.73 Å². The van der Waals surface area contributed by atoms with E-state index in [1.807, 2.05) is 0 Å². The minimum absolute atomic E-state index is 0.0191. The Morgan fingerprint density at radius 3 is 2.95 bits per heavy atom. The molecule has 0 unspecified atom stereocenters. The van der Waals surface area contributed by atoms with Crippen molar-refractivity contribution in [2.45, 2.75) is 13.2 Å². The van der Waals surface area contributed by atoms with Gasteiger partial charge in [0.25, 0.3) is 0 Å². The molecule has 0 fully saturated rings. The Morgan fingerprint density at radius 2 is 2.32 bits per heavy atom. The van der Waals surface area contributed by atoms with Crippen molar-refractivity contribution >= 4 is 23.3 Å². The monoisotopic (exact) mass is 283 g/mol. The van der Waals surface area contributed by atoms with E-state index in [0.29, 0.717) is 11.3 Å². The number of aromatic nitrogens is 2. The third-order valence-corrected chi connectivity index (χ3v) is 2.70. The average Bonchev–Trinajstić information content (AvgIpc) is 2.73. The van der Waals surface area contributed by atoms with Crippen molar-refractivity contribution in [1.82, 2.24) is 9.78 Å². The second-order valence-electron chi connectivity index (χ2n) is 3.87. The maximum Gasteiger partial charge on any atom is 0.328 e. The predicted molar refractivity (Wildman–Crippen MR) is 67.8 cm³/mol.